The van der Waals surface area contributed by atoms with E-state index >= 15 is 0 Å². The van der Waals surface area contributed by atoms with E-state index in [0.717, 1.165) is 13.1 Å². The molecule has 1 aromatic rings. The van der Waals surface area contributed by atoms with Crippen molar-refractivity contribution in [3.63, 3.8) is 0 Å². The lowest BCUT2D eigenvalue weighted by molar-refractivity contribution is 0.259. The monoisotopic (exact) mass is 281 g/mol. The Morgan fingerprint density at radius 1 is 1.42 bits per heavy atom. The molecule has 0 saturated carbocycles. The lowest BCUT2D eigenvalue weighted by Crippen LogP contribution is -2.40. The lowest BCUT2D eigenvalue weighted by atomic mass is 10.1. The number of nitrogen functional groups attached to an aromatic ring is 1. The summed E-state index contributed by atoms with van der Waals surface area (Å²) < 4.78 is 14.2. The molecule has 0 spiro atoms. The smallest absolute Gasteiger partial charge is 0.138 e. The molecule has 104 valence electrons. The average molecular weight is 281 g/mol. The van der Waals surface area contributed by atoms with Gasteiger partial charge < -0.3 is 5.73 Å². The molecule has 3 N–H and O–H groups in total. The molecule has 1 aliphatic rings. The minimum absolute atomic E-state index is 0.199. The van der Waals surface area contributed by atoms with E-state index in [1.807, 2.05) is 11.8 Å². The zero-order valence-corrected chi connectivity index (χ0v) is 12.1. The van der Waals surface area contributed by atoms with E-state index in [0.29, 0.717) is 22.6 Å². The Morgan fingerprint density at radius 2 is 2.05 bits per heavy atom. The minimum Gasteiger partial charge on any atom is -0.384 e. The maximum absolute atomic E-state index is 14.2. The van der Waals surface area contributed by atoms with E-state index < -0.39 is 0 Å². The summed E-state index contributed by atoms with van der Waals surface area (Å²) in [7, 11) is 0. The molecule has 0 amide bonds. The predicted molar refractivity (Wildman–Crippen MR) is 79.2 cm³/mol. The topological polar surface area (TPSA) is 53.1 Å². The van der Waals surface area contributed by atoms with Gasteiger partial charge in [-0.25, -0.2) is 4.39 Å². The first-order valence-electron chi connectivity index (χ1n) is 6.47. The van der Waals surface area contributed by atoms with Crippen molar-refractivity contribution in [2.45, 2.75) is 30.9 Å². The fraction of sp³-hybridized carbons (Fsp3) is 0.500. The van der Waals surface area contributed by atoms with Crippen molar-refractivity contribution in [3.8, 4) is 0 Å². The first kappa shape index (κ1) is 14.3. The van der Waals surface area contributed by atoms with E-state index in [9.17, 15) is 4.39 Å². The van der Waals surface area contributed by atoms with Crippen molar-refractivity contribution in [2.24, 2.45) is 5.73 Å². The van der Waals surface area contributed by atoms with E-state index in [2.05, 4.69) is 18.7 Å². The lowest BCUT2D eigenvalue weighted by Gasteiger charge is -2.34. The van der Waals surface area contributed by atoms with Crippen molar-refractivity contribution in [3.05, 3.63) is 35.1 Å². The standard InChI is InChI=1S/C14H20FN3S/c1-9-6-18(7-10(2)19-9)8-11-4-3-5-12(13(11)15)14(16)17/h3-5,9-10H,6-8H2,1-2H3,(H3,16,17). The van der Waals surface area contributed by atoms with Gasteiger partial charge in [0.05, 0.1) is 5.56 Å². The maximum Gasteiger partial charge on any atom is 0.138 e. The molecule has 5 heteroatoms. The summed E-state index contributed by atoms with van der Waals surface area (Å²) in [6, 6.07) is 5.10. The minimum atomic E-state index is -0.353. The molecule has 0 aromatic heterocycles. The van der Waals surface area contributed by atoms with Crippen LogP contribution in [0.3, 0.4) is 0 Å². The summed E-state index contributed by atoms with van der Waals surface area (Å²) >= 11 is 1.98. The molecule has 1 heterocycles. The number of hydrogen-bond acceptors (Lipinski definition) is 3. The highest BCUT2D eigenvalue weighted by atomic mass is 32.2. The normalized spacial score (nSPS) is 24.4. The van der Waals surface area contributed by atoms with Crippen LogP contribution in [0.4, 0.5) is 4.39 Å². The van der Waals surface area contributed by atoms with Gasteiger partial charge in [-0.15, -0.1) is 0 Å². The van der Waals surface area contributed by atoms with Crippen LogP contribution in [0.2, 0.25) is 0 Å². The van der Waals surface area contributed by atoms with Gasteiger partial charge in [0.25, 0.3) is 0 Å². The number of benzene rings is 1. The SMILES string of the molecule is CC1CN(Cc2cccc(C(=N)N)c2F)CC(C)S1. The highest BCUT2D eigenvalue weighted by Gasteiger charge is 2.23. The Morgan fingerprint density at radius 3 is 2.63 bits per heavy atom. The predicted octanol–water partition coefficient (Wildman–Crippen LogP) is 2.44. The molecule has 19 heavy (non-hydrogen) atoms. The Hall–Kier alpha value is -1.07. The second-order valence-electron chi connectivity index (χ2n) is 5.14. The Bertz CT molecular complexity index is 468. The summed E-state index contributed by atoms with van der Waals surface area (Å²) in [5, 5.41) is 8.52. The van der Waals surface area contributed by atoms with Gasteiger partial charge in [-0.05, 0) is 6.07 Å². The molecule has 1 aliphatic heterocycles. The Balaban J connectivity index is 2.15. The Labute approximate surface area is 117 Å². The summed E-state index contributed by atoms with van der Waals surface area (Å²) in [5.41, 5.74) is 6.21. The number of amidine groups is 1. The zero-order valence-electron chi connectivity index (χ0n) is 11.3. The van der Waals surface area contributed by atoms with Crippen molar-refractivity contribution in [1.82, 2.24) is 4.90 Å². The molecule has 3 nitrogen and oxygen atoms in total. The molecule has 0 aliphatic carbocycles. The molecule has 1 saturated heterocycles. The number of halogens is 1. The van der Waals surface area contributed by atoms with Crippen LogP contribution in [-0.4, -0.2) is 34.3 Å². The van der Waals surface area contributed by atoms with Gasteiger partial charge >= 0.3 is 0 Å². The number of nitrogens with zero attached hydrogens (tertiary/aromatic N) is 1. The molecule has 1 aromatic carbocycles. The second kappa shape index (κ2) is 5.92. The van der Waals surface area contributed by atoms with E-state index in [-0.39, 0.29) is 17.2 Å². The summed E-state index contributed by atoms with van der Waals surface area (Å²) in [6.45, 7) is 6.94. The summed E-state index contributed by atoms with van der Waals surface area (Å²) in [5.74, 6) is -0.566. The number of thioether (sulfide) groups is 1. The van der Waals surface area contributed by atoms with Gasteiger partial charge in [0.1, 0.15) is 11.7 Å². The fourth-order valence-electron chi connectivity index (χ4n) is 2.56. The fourth-order valence-corrected chi connectivity index (χ4v) is 3.95. The van der Waals surface area contributed by atoms with Crippen LogP contribution in [0.5, 0.6) is 0 Å². The first-order valence-corrected chi connectivity index (χ1v) is 7.41. The van der Waals surface area contributed by atoms with Crippen molar-refractivity contribution < 1.29 is 4.39 Å². The summed E-state index contributed by atoms with van der Waals surface area (Å²) in [4.78, 5) is 2.27. The van der Waals surface area contributed by atoms with E-state index in [1.165, 1.54) is 0 Å². The van der Waals surface area contributed by atoms with Gasteiger partial charge in [0, 0.05) is 35.7 Å². The quantitative estimate of drug-likeness (QED) is 0.661. The van der Waals surface area contributed by atoms with Crippen molar-refractivity contribution in [1.29, 1.82) is 5.41 Å². The second-order valence-corrected chi connectivity index (χ2v) is 7.03. The largest absolute Gasteiger partial charge is 0.384 e. The average Bonchev–Trinajstić information content (AvgIpc) is 2.30. The van der Waals surface area contributed by atoms with Gasteiger partial charge in [0.15, 0.2) is 0 Å². The van der Waals surface area contributed by atoms with Gasteiger partial charge in [-0.2, -0.15) is 11.8 Å². The van der Waals surface area contributed by atoms with Crippen LogP contribution in [-0.2, 0) is 6.54 Å². The van der Waals surface area contributed by atoms with Gasteiger partial charge in [0.2, 0.25) is 0 Å². The highest BCUT2D eigenvalue weighted by molar-refractivity contribution is 8.00. The van der Waals surface area contributed by atoms with Crippen LogP contribution < -0.4 is 5.73 Å². The zero-order chi connectivity index (χ0) is 14.0. The van der Waals surface area contributed by atoms with Crippen LogP contribution >= 0.6 is 11.8 Å². The molecule has 2 rings (SSSR count). The number of nitrogens with one attached hydrogen (secondary N) is 1. The van der Waals surface area contributed by atoms with Crippen LogP contribution in [0.25, 0.3) is 0 Å². The number of hydrogen-bond donors (Lipinski definition) is 2. The molecular formula is C14H20FN3S. The third-order valence-corrected chi connectivity index (χ3v) is 4.49. The molecular weight excluding hydrogens is 261 g/mol. The Kier molecular flexibility index (Phi) is 4.47. The molecule has 1 fully saturated rings. The maximum atomic E-state index is 14.2. The van der Waals surface area contributed by atoms with Gasteiger partial charge in [-0.3, -0.25) is 10.3 Å². The highest BCUT2D eigenvalue weighted by Crippen LogP contribution is 2.26. The van der Waals surface area contributed by atoms with Crippen LogP contribution in [0.15, 0.2) is 18.2 Å². The van der Waals surface area contributed by atoms with E-state index in [4.69, 9.17) is 11.1 Å². The molecule has 2 unspecified atom stereocenters. The third kappa shape index (κ3) is 3.48. The van der Waals surface area contributed by atoms with Crippen LogP contribution in [0, 0.1) is 11.2 Å². The first-order chi connectivity index (χ1) is 8.97. The summed E-state index contributed by atoms with van der Waals surface area (Å²) in [6.07, 6.45) is 0. The molecule has 0 bridgehead atoms. The van der Waals surface area contributed by atoms with Crippen molar-refractivity contribution >= 4 is 17.6 Å². The number of nitrogens with two attached hydrogens (primary N) is 1. The molecule has 2 atom stereocenters. The van der Waals surface area contributed by atoms with Crippen molar-refractivity contribution in [2.75, 3.05) is 13.1 Å². The van der Waals surface area contributed by atoms with Gasteiger partial charge in [-0.1, -0.05) is 26.0 Å². The molecule has 0 radical (unpaired) electrons. The van der Waals surface area contributed by atoms with Crippen LogP contribution in [0.1, 0.15) is 25.0 Å². The third-order valence-electron chi connectivity index (χ3n) is 3.26. The van der Waals surface area contributed by atoms with E-state index in [1.54, 1.807) is 18.2 Å². The number of rotatable bonds is 3.